The van der Waals surface area contributed by atoms with Crippen molar-refractivity contribution in [2.75, 3.05) is 50.6 Å². The third-order valence-electron chi connectivity index (χ3n) is 6.55. The van der Waals surface area contributed by atoms with Crippen LogP contribution in [0.5, 0.6) is 11.8 Å². The second-order valence-electron chi connectivity index (χ2n) is 9.13. The highest BCUT2D eigenvalue weighted by Crippen LogP contribution is 2.35. The minimum atomic E-state index is 0.279. The van der Waals surface area contributed by atoms with Crippen LogP contribution < -0.4 is 15.0 Å². The molecule has 2 N–H and O–H groups in total. The Morgan fingerprint density at radius 1 is 1.09 bits per heavy atom. The summed E-state index contributed by atoms with van der Waals surface area (Å²) in [5, 5.41) is 15.8. The van der Waals surface area contributed by atoms with Gasteiger partial charge < -0.3 is 25.0 Å². The first-order chi connectivity index (χ1) is 16.6. The van der Waals surface area contributed by atoms with Gasteiger partial charge in [-0.05, 0) is 57.3 Å². The van der Waals surface area contributed by atoms with Crippen molar-refractivity contribution in [1.29, 1.82) is 0 Å². The van der Waals surface area contributed by atoms with Crippen molar-refractivity contribution < 1.29 is 9.84 Å². The molecule has 5 rings (SSSR count). The predicted octanol–water partition coefficient (Wildman–Crippen LogP) is 4.83. The maximum Gasteiger partial charge on any atom is 0.318 e. The Morgan fingerprint density at radius 3 is 2.59 bits per heavy atom. The molecule has 7 nitrogen and oxygen atoms in total. The molecule has 182 valence electrons. The number of unbranched alkanes of at least 4 members (excludes halogenated alkanes) is 1. The molecule has 2 aliphatic heterocycles. The number of ether oxygens (including phenoxy) is 1. The van der Waals surface area contributed by atoms with Gasteiger partial charge in [0.05, 0.1) is 19.3 Å². The lowest BCUT2D eigenvalue weighted by atomic mass is 10.0. The quantitative estimate of drug-likeness (QED) is 0.507. The second-order valence-corrected chi connectivity index (χ2v) is 9.13. The van der Waals surface area contributed by atoms with Gasteiger partial charge in [-0.2, -0.15) is 9.97 Å². The van der Waals surface area contributed by atoms with Gasteiger partial charge in [0.2, 0.25) is 0 Å². The molecule has 0 spiro atoms. The van der Waals surface area contributed by atoms with Crippen LogP contribution in [-0.4, -0.2) is 60.3 Å². The number of hydrogen-bond acceptors (Lipinski definition) is 7. The number of aromatic hydroxyl groups is 1. The van der Waals surface area contributed by atoms with Crippen molar-refractivity contribution in [2.24, 2.45) is 0 Å². The van der Waals surface area contributed by atoms with E-state index in [0.717, 1.165) is 65.9 Å². The molecule has 2 aliphatic rings. The van der Waals surface area contributed by atoms with Crippen LogP contribution in [0.4, 0.5) is 11.5 Å². The fourth-order valence-corrected chi connectivity index (χ4v) is 4.65. The van der Waals surface area contributed by atoms with Gasteiger partial charge in [-0.1, -0.05) is 37.6 Å². The first-order valence-corrected chi connectivity index (χ1v) is 12.4. The molecule has 1 saturated heterocycles. The van der Waals surface area contributed by atoms with Crippen LogP contribution in [0.2, 0.25) is 0 Å². The molecule has 34 heavy (non-hydrogen) atoms. The summed E-state index contributed by atoms with van der Waals surface area (Å²) in [6.45, 7) is 7.21. The fourth-order valence-electron chi connectivity index (χ4n) is 4.65. The maximum atomic E-state index is 10.2. The number of methoxy groups -OCH3 is 1. The standard InChI is InChI=1S/C22H26N4O2.C5H11N/c1-3-4-10-23-21-18-9-11-26(14-19(18)24-22(25-21)28-2)20-13-16(27)12-15-7-5-6-8-17(15)20;1-6-4-2-3-5-6/h5-8,12-13,27H,3-4,9-11,14H2,1-2H3,(H,23,24,25);2-5H2,1H3. The number of anilines is 2. The Labute approximate surface area is 202 Å². The van der Waals surface area contributed by atoms with Crippen molar-refractivity contribution in [2.45, 2.75) is 45.6 Å². The van der Waals surface area contributed by atoms with Crippen molar-refractivity contribution in [1.82, 2.24) is 14.9 Å². The van der Waals surface area contributed by atoms with Gasteiger partial charge >= 0.3 is 6.01 Å². The molecular formula is C27H37N5O2. The minimum absolute atomic E-state index is 0.279. The van der Waals surface area contributed by atoms with E-state index in [9.17, 15) is 5.11 Å². The lowest BCUT2D eigenvalue weighted by molar-refractivity contribution is 0.377. The van der Waals surface area contributed by atoms with Crippen LogP contribution in [0.25, 0.3) is 10.8 Å². The van der Waals surface area contributed by atoms with Gasteiger partial charge in [-0.25, -0.2) is 0 Å². The number of benzene rings is 2. The van der Waals surface area contributed by atoms with E-state index in [-0.39, 0.29) is 5.75 Å². The first-order valence-electron chi connectivity index (χ1n) is 12.4. The van der Waals surface area contributed by atoms with E-state index in [1.807, 2.05) is 24.3 Å². The van der Waals surface area contributed by atoms with Crippen molar-refractivity contribution in [3.63, 3.8) is 0 Å². The van der Waals surface area contributed by atoms with Crippen molar-refractivity contribution in [3.8, 4) is 11.8 Å². The van der Waals surface area contributed by atoms with Crippen molar-refractivity contribution >= 4 is 22.3 Å². The molecule has 0 saturated carbocycles. The van der Waals surface area contributed by atoms with Gasteiger partial charge in [0.1, 0.15) is 11.6 Å². The Morgan fingerprint density at radius 2 is 1.88 bits per heavy atom. The molecule has 0 radical (unpaired) electrons. The number of nitrogens with one attached hydrogen (secondary N) is 1. The molecule has 0 amide bonds. The summed E-state index contributed by atoms with van der Waals surface area (Å²) in [4.78, 5) is 13.8. The lowest BCUT2D eigenvalue weighted by Crippen LogP contribution is -2.32. The highest BCUT2D eigenvalue weighted by molar-refractivity contribution is 5.95. The van der Waals surface area contributed by atoms with Crippen LogP contribution >= 0.6 is 0 Å². The Balaban J connectivity index is 0.000000398. The molecule has 7 heteroatoms. The fraction of sp³-hybridized carbons (Fsp3) is 0.481. The molecule has 3 aromatic rings. The van der Waals surface area contributed by atoms with E-state index in [4.69, 9.17) is 4.74 Å². The van der Waals surface area contributed by atoms with Crippen LogP contribution in [0.1, 0.15) is 43.9 Å². The van der Waals surface area contributed by atoms with Crippen LogP contribution in [-0.2, 0) is 13.0 Å². The topological polar surface area (TPSA) is 73.8 Å². The van der Waals surface area contributed by atoms with Crippen LogP contribution in [0.3, 0.4) is 0 Å². The molecule has 0 atom stereocenters. The zero-order chi connectivity index (χ0) is 23.9. The van der Waals surface area contributed by atoms with Gasteiger partial charge in [0, 0.05) is 35.8 Å². The maximum absolute atomic E-state index is 10.2. The summed E-state index contributed by atoms with van der Waals surface area (Å²) >= 11 is 0. The number of phenolic OH excluding ortho intramolecular Hbond substituents is 1. The highest BCUT2D eigenvalue weighted by atomic mass is 16.5. The van der Waals surface area contributed by atoms with E-state index in [2.05, 4.69) is 45.1 Å². The summed E-state index contributed by atoms with van der Waals surface area (Å²) in [5.41, 5.74) is 3.17. The van der Waals surface area contributed by atoms with E-state index in [0.29, 0.717) is 12.6 Å². The number of likely N-dealkylation sites (tertiary alicyclic amines) is 1. The van der Waals surface area contributed by atoms with E-state index in [1.165, 1.54) is 25.9 Å². The Hall–Kier alpha value is -3.06. The number of aromatic nitrogens is 2. The number of phenols is 1. The van der Waals surface area contributed by atoms with Gasteiger partial charge in [0.15, 0.2) is 0 Å². The largest absolute Gasteiger partial charge is 0.508 e. The number of fused-ring (bicyclic) bond motifs is 2. The van der Waals surface area contributed by atoms with E-state index >= 15 is 0 Å². The summed E-state index contributed by atoms with van der Waals surface area (Å²) in [6.07, 6.45) is 5.91. The second kappa shape index (κ2) is 11.4. The minimum Gasteiger partial charge on any atom is -0.508 e. The molecule has 2 aromatic carbocycles. The monoisotopic (exact) mass is 463 g/mol. The first kappa shape index (κ1) is 24.1. The number of nitrogens with zero attached hydrogens (tertiary/aromatic N) is 4. The summed E-state index contributed by atoms with van der Waals surface area (Å²) in [6, 6.07) is 12.2. The SMILES string of the molecule is CCCCNc1nc(OC)nc2c1CCN(c1cc(O)cc3ccccc13)C2.CN1CCCC1. The smallest absolute Gasteiger partial charge is 0.318 e. The molecule has 0 aliphatic carbocycles. The zero-order valence-corrected chi connectivity index (χ0v) is 20.7. The van der Waals surface area contributed by atoms with E-state index in [1.54, 1.807) is 13.2 Å². The molecule has 3 heterocycles. The van der Waals surface area contributed by atoms with Gasteiger partial charge in [-0.15, -0.1) is 0 Å². The normalized spacial score (nSPS) is 15.6. The lowest BCUT2D eigenvalue weighted by Gasteiger charge is -2.32. The Bertz CT molecular complexity index is 1100. The Kier molecular flexibility index (Phi) is 8.06. The van der Waals surface area contributed by atoms with Gasteiger partial charge in [-0.3, -0.25) is 0 Å². The number of rotatable bonds is 6. The molecule has 1 fully saturated rings. The third kappa shape index (κ3) is 5.70. The summed E-state index contributed by atoms with van der Waals surface area (Å²) in [5.74, 6) is 1.16. The average molecular weight is 464 g/mol. The molecular weight excluding hydrogens is 426 g/mol. The van der Waals surface area contributed by atoms with Gasteiger partial charge in [0.25, 0.3) is 0 Å². The third-order valence-corrected chi connectivity index (χ3v) is 6.55. The van der Waals surface area contributed by atoms with Crippen LogP contribution in [0.15, 0.2) is 36.4 Å². The molecule has 1 aromatic heterocycles. The highest BCUT2D eigenvalue weighted by Gasteiger charge is 2.24. The summed E-state index contributed by atoms with van der Waals surface area (Å²) < 4.78 is 5.34. The average Bonchev–Trinajstić information content (AvgIpc) is 3.34. The predicted molar refractivity (Wildman–Crippen MR) is 139 cm³/mol. The van der Waals surface area contributed by atoms with Crippen LogP contribution in [0, 0.1) is 0 Å². The summed E-state index contributed by atoms with van der Waals surface area (Å²) in [7, 11) is 3.77. The molecule has 0 bridgehead atoms. The van der Waals surface area contributed by atoms with E-state index < -0.39 is 0 Å². The van der Waals surface area contributed by atoms with Crippen molar-refractivity contribution in [3.05, 3.63) is 47.7 Å². The zero-order valence-electron chi connectivity index (χ0n) is 20.7. The number of hydrogen-bond donors (Lipinski definition) is 2. The molecule has 0 unspecified atom stereocenters.